The molecule has 6 nitrogen and oxygen atoms in total. The van der Waals surface area contributed by atoms with Gasteiger partial charge in [-0.3, -0.25) is 0 Å². The second-order valence-electron chi connectivity index (χ2n) is 8.30. The van der Waals surface area contributed by atoms with Gasteiger partial charge in [-0.15, -0.1) is 0 Å². The van der Waals surface area contributed by atoms with E-state index in [9.17, 15) is 13.2 Å². The summed E-state index contributed by atoms with van der Waals surface area (Å²) in [6.45, 7) is 1.47. The first kappa shape index (κ1) is 24.1. The molecular weight excluding hydrogens is 489 g/mol. The molecule has 1 aliphatic heterocycles. The van der Waals surface area contributed by atoms with Gasteiger partial charge in [-0.1, -0.05) is 6.07 Å². The van der Waals surface area contributed by atoms with Crippen molar-refractivity contribution in [1.29, 1.82) is 0 Å². The number of fused-ring (bicyclic) bond motifs is 2. The Bertz CT molecular complexity index is 1400. The molecular formula is C26H23F3N4O2S. The molecule has 0 radical (unpaired) electrons. The van der Waals surface area contributed by atoms with Gasteiger partial charge < -0.3 is 19.1 Å². The second-order valence-corrected chi connectivity index (χ2v) is 9.18. The average Bonchev–Trinajstić information content (AvgIpc) is 2.90. The number of ether oxygens (including phenoxy) is 2. The molecule has 1 N–H and O–H groups in total. The Hall–Kier alpha value is -3.66. The number of halogens is 3. The summed E-state index contributed by atoms with van der Waals surface area (Å²) in [6, 6.07) is 15.0. The number of methoxy groups -OCH3 is 2. The van der Waals surface area contributed by atoms with Crippen molar-refractivity contribution in [3.8, 4) is 11.5 Å². The Balaban J connectivity index is 1.35. The molecule has 1 aromatic heterocycles. The highest BCUT2D eigenvalue weighted by molar-refractivity contribution is 8.00. The summed E-state index contributed by atoms with van der Waals surface area (Å²) < 4.78 is 52.5. The average molecular weight is 513 g/mol. The normalized spacial score (nSPS) is 13.4. The maximum Gasteiger partial charge on any atom is 0.416 e. The first-order valence-electron chi connectivity index (χ1n) is 11.2. The Labute approximate surface area is 210 Å². The summed E-state index contributed by atoms with van der Waals surface area (Å²) in [4.78, 5) is 11.9. The van der Waals surface area contributed by atoms with Gasteiger partial charge >= 0.3 is 6.18 Å². The third kappa shape index (κ3) is 4.86. The van der Waals surface area contributed by atoms with Crippen molar-refractivity contribution in [1.82, 2.24) is 9.97 Å². The number of hydrogen-bond donors (Lipinski definition) is 1. The fourth-order valence-corrected chi connectivity index (χ4v) is 4.89. The van der Waals surface area contributed by atoms with Crippen molar-refractivity contribution < 1.29 is 22.6 Å². The van der Waals surface area contributed by atoms with Crippen LogP contribution >= 0.6 is 11.9 Å². The lowest BCUT2D eigenvalue weighted by atomic mass is 9.99. The second kappa shape index (κ2) is 9.77. The number of nitrogens with zero attached hydrogens (tertiary/aromatic N) is 3. The molecule has 0 unspecified atom stereocenters. The topological polar surface area (TPSA) is 59.5 Å². The molecule has 5 rings (SSSR count). The van der Waals surface area contributed by atoms with E-state index in [2.05, 4.69) is 31.7 Å². The third-order valence-corrected chi connectivity index (χ3v) is 6.95. The number of benzene rings is 3. The minimum absolute atomic E-state index is 0.611. The number of rotatable bonds is 6. The van der Waals surface area contributed by atoms with E-state index < -0.39 is 11.7 Å². The standard InChI is InChI=1S/C26H23F3N4O2S/c1-34-23-12-21-22(13-24(23)35-2)30-15-31-25(21)33-10-9-16-3-6-19(11-17(16)14-33)32-36-20-7-4-18(5-8-20)26(27,28)29/h3-8,11-13,15,32H,9-10,14H2,1-2H3. The van der Waals surface area contributed by atoms with E-state index in [4.69, 9.17) is 9.47 Å². The monoisotopic (exact) mass is 512 g/mol. The van der Waals surface area contributed by atoms with Crippen LogP contribution in [0.5, 0.6) is 11.5 Å². The molecule has 0 atom stereocenters. The third-order valence-electron chi connectivity index (χ3n) is 6.11. The van der Waals surface area contributed by atoms with Gasteiger partial charge in [0.25, 0.3) is 0 Å². The SMILES string of the molecule is COc1cc2ncnc(N3CCc4ccc(NSc5ccc(C(F)(F)F)cc5)cc4C3)c2cc1OC. The minimum atomic E-state index is -4.34. The van der Waals surface area contributed by atoms with Crippen molar-refractivity contribution in [2.45, 2.75) is 24.0 Å². The Morgan fingerprint density at radius 2 is 1.67 bits per heavy atom. The zero-order valence-corrected chi connectivity index (χ0v) is 20.4. The first-order valence-corrected chi connectivity index (χ1v) is 12.0. The summed E-state index contributed by atoms with van der Waals surface area (Å²) in [5.74, 6) is 2.05. The highest BCUT2D eigenvalue weighted by atomic mass is 32.2. The Morgan fingerprint density at radius 3 is 2.39 bits per heavy atom. The Kier molecular flexibility index (Phi) is 6.53. The van der Waals surface area contributed by atoms with Crippen LogP contribution < -0.4 is 19.1 Å². The van der Waals surface area contributed by atoms with E-state index in [1.165, 1.54) is 29.6 Å². The summed E-state index contributed by atoms with van der Waals surface area (Å²) >= 11 is 1.27. The molecule has 0 saturated carbocycles. The van der Waals surface area contributed by atoms with E-state index >= 15 is 0 Å². The largest absolute Gasteiger partial charge is 0.493 e. The molecule has 36 heavy (non-hydrogen) atoms. The summed E-state index contributed by atoms with van der Waals surface area (Å²) in [7, 11) is 3.19. The predicted molar refractivity (Wildman–Crippen MR) is 135 cm³/mol. The molecule has 0 spiro atoms. The highest BCUT2D eigenvalue weighted by Gasteiger charge is 2.30. The lowest BCUT2D eigenvalue weighted by Gasteiger charge is -2.31. The summed E-state index contributed by atoms with van der Waals surface area (Å²) in [6.07, 6.45) is -1.93. The minimum Gasteiger partial charge on any atom is -0.493 e. The van der Waals surface area contributed by atoms with E-state index in [0.29, 0.717) is 22.9 Å². The summed E-state index contributed by atoms with van der Waals surface area (Å²) in [5.41, 5.74) is 3.40. The van der Waals surface area contributed by atoms with Gasteiger partial charge in [0.1, 0.15) is 12.1 Å². The van der Waals surface area contributed by atoms with Crippen LogP contribution in [0.4, 0.5) is 24.7 Å². The molecule has 10 heteroatoms. The van der Waals surface area contributed by atoms with Gasteiger partial charge in [0.2, 0.25) is 0 Å². The zero-order chi connectivity index (χ0) is 25.3. The fraction of sp³-hybridized carbons (Fsp3) is 0.231. The number of alkyl halides is 3. The predicted octanol–water partition coefficient (Wildman–Crippen LogP) is 6.35. The maximum absolute atomic E-state index is 12.8. The number of nitrogens with one attached hydrogen (secondary N) is 1. The van der Waals surface area contributed by atoms with Crippen LogP contribution in [0.2, 0.25) is 0 Å². The lowest BCUT2D eigenvalue weighted by molar-refractivity contribution is -0.137. The molecule has 0 amide bonds. The number of anilines is 2. The van der Waals surface area contributed by atoms with Gasteiger partial charge in [0, 0.05) is 35.1 Å². The van der Waals surface area contributed by atoms with Crippen molar-refractivity contribution in [2.24, 2.45) is 0 Å². The molecule has 0 fully saturated rings. The highest BCUT2D eigenvalue weighted by Crippen LogP contribution is 2.37. The van der Waals surface area contributed by atoms with Crippen LogP contribution in [-0.4, -0.2) is 30.7 Å². The molecule has 186 valence electrons. The zero-order valence-electron chi connectivity index (χ0n) is 19.6. The van der Waals surface area contributed by atoms with E-state index in [1.807, 2.05) is 18.2 Å². The van der Waals surface area contributed by atoms with Crippen LogP contribution in [0.15, 0.2) is 65.8 Å². The molecule has 1 aliphatic rings. The molecule has 0 bridgehead atoms. The molecule has 3 aromatic carbocycles. The maximum atomic E-state index is 12.8. The van der Waals surface area contributed by atoms with E-state index in [1.54, 1.807) is 20.5 Å². The van der Waals surface area contributed by atoms with Crippen molar-refractivity contribution in [3.63, 3.8) is 0 Å². The van der Waals surface area contributed by atoms with Crippen molar-refractivity contribution in [2.75, 3.05) is 30.4 Å². The van der Waals surface area contributed by atoms with Crippen LogP contribution in [0.25, 0.3) is 10.9 Å². The van der Waals surface area contributed by atoms with Gasteiger partial charge in [-0.05, 0) is 72.0 Å². The Morgan fingerprint density at radius 1 is 0.917 bits per heavy atom. The number of aromatic nitrogens is 2. The smallest absolute Gasteiger partial charge is 0.416 e. The quantitative estimate of drug-likeness (QED) is 0.302. The molecule has 0 aliphatic carbocycles. The summed E-state index contributed by atoms with van der Waals surface area (Å²) in [5, 5.41) is 0.880. The van der Waals surface area contributed by atoms with Crippen LogP contribution in [0.3, 0.4) is 0 Å². The van der Waals surface area contributed by atoms with E-state index in [-0.39, 0.29) is 0 Å². The van der Waals surface area contributed by atoms with Gasteiger partial charge in [0.05, 0.1) is 25.3 Å². The van der Waals surface area contributed by atoms with Crippen molar-refractivity contribution >= 4 is 34.4 Å². The fourth-order valence-electron chi connectivity index (χ4n) is 4.25. The molecule has 4 aromatic rings. The van der Waals surface area contributed by atoms with E-state index in [0.717, 1.165) is 53.1 Å². The van der Waals surface area contributed by atoms with Crippen LogP contribution in [0, 0.1) is 0 Å². The van der Waals surface area contributed by atoms with Gasteiger partial charge in [0.15, 0.2) is 11.5 Å². The molecule has 0 saturated heterocycles. The number of hydrogen-bond acceptors (Lipinski definition) is 7. The van der Waals surface area contributed by atoms with Crippen molar-refractivity contribution in [3.05, 3.63) is 77.6 Å². The van der Waals surface area contributed by atoms with Gasteiger partial charge in [-0.2, -0.15) is 13.2 Å². The lowest BCUT2D eigenvalue weighted by Crippen LogP contribution is -2.31. The van der Waals surface area contributed by atoms with Gasteiger partial charge in [-0.25, -0.2) is 9.97 Å². The first-order chi connectivity index (χ1) is 17.4. The van der Waals surface area contributed by atoms with Crippen LogP contribution in [-0.2, 0) is 19.1 Å². The van der Waals surface area contributed by atoms with Crippen LogP contribution in [0.1, 0.15) is 16.7 Å². The molecule has 2 heterocycles.